The zero-order valence-electron chi connectivity index (χ0n) is 17.2. The van der Waals surface area contributed by atoms with Crippen molar-refractivity contribution in [2.75, 3.05) is 19.8 Å². The van der Waals surface area contributed by atoms with E-state index in [9.17, 15) is 13.2 Å². The number of ether oxygens (including phenoxy) is 3. The first kappa shape index (κ1) is 23.0. The van der Waals surface area contributed by atoms with E-state index < -0.39 is 17.5 Å². The number of hydrogen-bond donors (Lipinski definition) is 0. The van der Waals surface area contributed by atoms with E-state index >= 15 is 0 Å². The fourth-order valence-corrected chi connectivity index (χ4v) is 3.23. The smallest absolute Gasteiger partial charge is 0.419 e. The fraction of sp³-hybridized carbons (Fsp3) is 0.727. The minimum Gasteiger partial charge on any atom is -0.493 e. The summed E-state index contributed by atoms with van der Waals surface area (Å²) in [4.78, 5) is 0. The van der Waals surface area contributed by atoms with E-state index in [0.29, 0.717) is 31.8 Å². The van der Waals surface area contributed by atoms with Crippen LogP contribution in [0.4, 0.5) is 13.2 Å². The van der Waals surface area contributed by atoms with Crippen LogP contribution in [0.3, 0.4) is 0 Å². The van der Waals surface area contributed by atoms with E-state index in [-0.39, 0.29) is 11.7 Å². The summed E-state index contributed by atoms with van der Waals surface area (Å²) >= 11 is 0. The van der Waals surface area contributed by atoms with Crippen LogP contribution in [0.25, 0.3) is 0 Å². The monoisotopic (exact) mass is 402 g/mol. The van der Waals surface area contributed by atoms with E-state index in [1.54, 1.807) is 6.07 Å². The van der Waals surface area contributed by atoms with Crippen LogP contribution in [-0.4, -0.2) is 25.6 Å². The maximum absolute atomic E-state index is 13.5. The predicted octanol–water partition coefficient (Wildman–Crippen LogP) is 6.39. The number of alkyl halides is 3. The lowest BCUT2D eigenvalue weighted by molar-refractivity contribution is -0.262. The molecule has 1 heterocycles. The first-order valence-corrected chi connectivity index (χ1v) is 10.3. The summed E-state index contributed by atoms with van der Waals surface area (Å²) in [7, 11) is 0. The van der Waals surface area contributed by atoms with E-state index in [1.807, 2.05) is 13.8 Å². The lowest BCUT2D eigenvalue weighted by atomic mass is 9.98. The Hall–Kier alpha value is -1.27. The molecule has 0 aliphatic carbocycles. The van der Waals surface area contributed by atoms with Gasteiger partial charge < -0.3 is 14.2 Å². The van der Waals surface area contributed by atoms with Crippen molar-refractivity contribution in [1.29, 1.82) is 0 Å². The lowest BCUT2D eigenvalue weighted by Crippen LogP contribution is -2.39. The topological polar surface area (TPSA) is 27.7 Å². The molecule has 0 bridgehead atoms. The molecular weight excluding hydrogens is 369 g/mol. The van der Waals surface area contributed by atoms with Gasteiger partial charge in [-0.05, 0) is 50.8 Å². The molecule has 1 aliphatic rings. The molecule has 28 heavy (non-hydrogen) atoms. The summed E-state index contributed by atoms with van der Waals surface area (Å²) in [5.74, 6) is -0.450. The van der Waals surface area contributed by atoms with Gasteiger partial charge in [0.1, 0.15) is 5.75 Å². The average Bonchev–Trinajstić information content (AvgIpc) is 2.63. The van der Waals surface area contributed by atoms with Gasteiger partial charge in [-0.25, -0.2) is 0 Å². The van der Waals surface area contributed by atoms with Crippen LogP contribution in [0.1, 0.15) is 70.4 Å². The Morgan fingerprint density at radius 1 is 1.07 bits per heavy atom. The molecule has 0 N–H and O–H groups in total. The van der Waals surface area contributed by atoms with Crippen molar-refractivity contribution in [3.63, 3.8) is 0 Å². The van der Waals surface area contributed by atoms with Gasteiger partial charge in [0.15, 0.2) is 5.79 Å². The molecule has 0 amide bonds. The summed E-state index contributed by atoms with van der Waals surface area (Å²) in [6, 6.07) is 4.41. The van der Waals surface area contributed by atoms with Crippen LogP contribution >= 0.6 is 0 Å². The van der Waals surface area contributed by atoms with Crippen molar-refractivity contribution in [3.05, 3.63) is 29.3 Å². The standard InChI is InChI=1S/C22H33F3O3/c1-4-5-6-7-8-13-26-20-12-11-17(14-19(20)22(23,24)25)9-10-18-15-27-21(2,3)28-16-18/h11-12,14,18H,4-10,13,15-16H2,1-3H3. The molecule has 1 fully saturated rings. The zero-order valence-corrected chi connectivity index (χ0v) is 17.2. The molecule has 0 unspecified atom stereocenters. The number of unbranched alkanes of at least 4 members (excludes halogenated alkanes) is 4. The van der Waals surface area contributed by atoms with Gasteiger partial charge >= 0.3 is 6.18 Å². The quantitative estimate of drug-likeness (QED) is 0.425. The van der Waals surface area contributed by atoms with Crippen molar-refractivity contribution in [2.24, 2.45) is 5.92 Å². The summed E-state index contributed by atoms with van der Waals surface area (Å²) in [6.45, 7) is 7.31. The first-order valence-electron chi connectivity index (χ1n) is 10.3. The number of aryl methyl sites for hydroxylation is 1. The van der Waals surface area contributed by atoms with Crippen molar-refractivity contribution < 1.29 is 27.4 Å². The molecule has 0 radical (unpaired) electrons. The Balaban J connectivity index is 1.90. The Morgan fingerprint density at radius 2 is 1.75 bits per heavy atom. The number of benzene rings is 1. The van der Waals surface area contributed by atoms with E-state index in [4.69, 9.17) is 14.2 Å². The van der Waals surface area contributed by atoms with Crippen LogP contribution in [0.5, 0.6) is 5.75 Å². The Morgan fingerprint density at radius 3 is 2.39 bits per heavy atom. The van der Waals surface area contributed by atoms with Gasteiger partial charge in [-0.2, -0.15) is 13.2 Å². The average molecular weight is 402 g/mol. The number of rotatable bonds is 10. The van der Waals surface area contributed by atoms with Gasteiger partial charge in [-0.15, -0.1) is 0 Å². The van der Waals surface area contributed by atoms with Crippen molar-refractivity contribution in [3.8, 4) is 5.75 Å². The van der Waals surface area contributed by atoms with E-state index in [0.717, 1.165) is 38.5 Å². The van der Waals surface area contributed by atoms with Gasteiger partial charge in [-0.3, -0.25) is 0 Å². The molecule has 1 aromatic carbocycles. The van der Waals surface area contributed by atoms with Gasteiger partial charge in [0.05, 0.1) is 25.4 Å². The zero-order chi connectivity index (χ0) is 20.6. The molecule has 160 valence electrons. The van der Waals surface area contributed by atoms with Crippen LogP contribution in [-0.2, 0) is 22.1 Å². The van der Waals surface area contributed by atoms with Crippen molar-refractivity contribution in [1.82, 2.24) is 0 Å². The third kappa shape index (κ3) is 7.63. The SMILES string of the molecule is CCCCCCCOc1ccc(CCC2COC(C)(C)OC2)cc1C(F)(F)F. The van der Waals surface area contributed by atoms with Gasteiger partial charge in [0, 0.05) is 5.92 Å². The Bertz CT molecular complexity index is 589. The van der Waals surface area contributed by atoms with Gasteiger partial charge in [0.25, 0.3) is 0 Å². The fourth-order valence-electron chi connectivity index (χ4n) is 3.23. The summed E-state index contributed by atoms with van der Waals surface area (Å²) < 4.78 is 57.1. The Labute approximate surface area is 166 Å². The third-order valence-electron chi connectivity index (χ3n) is 5.03. The summed E-state index contributed by atoms with van der Waals surface area (Å²) in [5, 5.41) is 0. The number of hydrogen-bond acceptors (Lipinski definition) is 3. The normalized spacial score (nSPS) is 17.6. The molecule has 0 spiro atoms. The second-order valence-electron chi connectivity index (χ2n) is 8.02. The second-order valence-corrected chi connectivity index (χ2v) is 8.02. The largest absolute Gasteiger partial charge is 0.493 e. The van der Waals surface area contributed by atoms with E-state index in [2.05, 4.69) is 6.92 Å². The molecule has 0 aromatic heterocycles. The molecule has 1 aromatic rings. The highest BCUT2D eigenvalue weighted by molar-refractivity contribution is 5.39. The third-order valence-corrected chi connectivity index (χ3v) is 5.03. The van der Waals surface area contributed by atoms with E-state index in [1.165, 1.54) is 12.1 Å². The van der Waals surface area contributed by atoms with Crippen LogP contribution in [0.2, 0.25) is 0 Å². The predicted molar refractivity (Wildman–Crippen MR) is 103 cm³/mol. The van der Waals surface area contributed by atoms with Crippen molar-refractivity contribution in [2.45, 2.75) is 77.7 Å². The van der Waals surface area contributed by atoms with Crippen molar-refractivity contribution >= 4 is 0 Å². The maximum atomic E-state index is 13.5. The van der Waals surface area contributed by atoms with Crippen LogP contribution < -0.4 is 4.74 Å². The molecular formula is C22H33F3O3. The van der Waals surface area contributed by atoms with Gasteiger partial charge in [-0.1, -0.05) is 38.7 Å². The molecule has 1 aliphatic heterocycles. The molecule has 1 saturated heterocycles. The Kier molecular flexibility index (Phi) is 8.62. The minimum absolute atomic E-state index is 0.0715. The summed E-state index contributed by atoms with van der Waals surface area (Å²) in [5.41, 5.74) is -0.0247. The lowest BCUT2D eigenvalue weighted by Gasteiger charge is -2.35. The highest BCUT2D eigenvalue weighted by Crippen LogP contribution is 2.37. The molecule has 0 atom stereocenters. The minimum atomic E-state index is -4.42. The molecule has 0 saturated carbocycles. The maximum Gasteiger partial charge on any atom is 0.419 e. The summed E-state index contributed by atoms with van der Waals surface area (Å²) in [6.07, 6.45) is 2.00. The van der Waals surface area contributed by atoms with Crippen LogP contribution in [0, 0.1) is 5.92 Å². The van der Waals surface area contributed by atoms with Crippen LogP contribution in [0.15, 0.2) is 18.2 Å². The molecule has 6 heteroatoms. The molecule has 3 nitrogen and oxygen atoms in total. The first-order chi connectivity index (χ1) is 13.2. The highest BCUT2D eigenvalue weighted by atomic mass is 19.4. The molecule has 2 rings (SSSR count). The second kappa shape index (κ2) is 10.5. The number of halogens is 3. The highest BCUT2D eigenvalue weighted by Gasteiger charge is 2.35. The van der Waals surface area contributed by atoms with Gasteiger partial charge in [0.2, 0.25) is 0 Å².